The topological polar surface area (TPSA) is 17.8 Å². The Hall–Kier alpha value is -0.310. The average Bonchev–Trinajstić information content (AvgIpc) is 2.46. The van der Waals surface area contributed by atoms with E-state index in [1.165, 1.54) is 24.1 Å². The summed E-state index contributed by atoms with van der Waals surface area (Å²) in [4.78, 5) is 0.657. The summed E-state index contributed by atoms with van der Waals surface area (Å²) in [6.45, 7) is 4.38. The van der Waals surface area contributed by atoms with E-state index in [0.29, 0.717) is 10.9 Å². The molecule has 1 atom stereocenters. The van der Waals surface area contributed by atoms with Crippen molar-refractivity contribution in [3.63, 3.8) is 0 Å². The fourth-order valence-electron chi connectivity index (χ4n) is 1.95. The number of hydrogen-bond acceptors (Lipinski definition) is 1. The Labute approximate surface area is 87.5 Å². The molecule has 1 aliphatic rings. The Morgan fingerprint density at radius 1 is 1.62 bits per heavy atom. The van der Waals surface area contributed by atoms with Gasteiger partial charge in [0.1, 0.15) is 0 Å². The second-order valence-corrected chi connectivity index (χ2v) is 5.29. The zero-order valence-electron chi connectivity index (χ0n) is 8.13. The number of rotatable bonds is 1. The Bertz CT molecular complexity index is 304. The summed E-state index contributed by atoms with van der Waals surface area (Å²) in [5, 5.41) is 4.43. The summed E-state index contributed by atoms with van der Waals surface area (Å²) in [5.74, 6) is 0. The van der Waals surface area contributed by atoms with Crippen molar-refractivity contribution >= 4 is 15.9 Å². The summed E-state index contributed by atoms with van der Waals surface area (Å²) >= 11 is 3.67. The van der Waals surface area contributed by atoms with Crippen LogP contribution in [0, 0.1) is 0 Å². The minimum Gasteiger partial charge on any atom is -0.267 e. The van der Waals surface area contributed by atoms with Crippen molar-refractivity contribution in [3.05, 3.63) is 17.5 Å². The van der Waals surface area contributed by atoms with Gasteiger partial charge >= 0.3 is 0 Å². The third kappa shape index (κ3) is 1.66. The Kier molecular flexibility index (Phi) is 2.45. The van der Waals surface area contributed by atoms with E-state index in [2.05, 4.69) is 39.6 Å². The summed E-state index contributed by atoms with van der Waals surface area (Å²) in [6.07, 6.45) is 5.58. The second kappa shape index (κ2) is 3.45. The van der Waals surface area contributed by atoms with Gasteiger partial charge in [0.05, 0.1) is 6.20 Å². The highest BCUT2D eigenvalue weighted by Gasteiger charge is 2.21. The molecule has 0 N–H and O–H groups in total. The SMILES string of the molecule is CC(C)n1ncc2c1CC[C@@H](Br)C2. The fraction of sp³-hybridized carbons (Fsp3) is 0.700. The first-order valence-corrected chi connectivity index (χ1v) is 5.79. The molecule has 13 heavy (non-hydrogen) atoms. The molecular formula is C10H15BrN2. The largest absolute Gasteiger partial charge is 0.267 e. The number of halogens is 1. The van der Waals surface area contributed by atoms with E-state index in [1.54, 1.807) is 0 Å². The quantitative estimate of drug-likeness (QED) is 0.693. The molecule has 0 unspecified atom stereocenters. The fourth-order valence-corrected chi connectivity index (χ4v) is 2.53. The van der Waals surface area contributed by atoms with Crippen LogP contribution in [-0.2, 0) is 12.8 Å². The van der Waals surface area contributed by atoms with E-state index < -0.39 is 0 Å². The highest BCUT2D eigenvalue weighted by atomic mass is 79.9. The number of aromatic nitrogens is 2. The van der Waals surface area contributed by atoms with E-state index in [9.17, 15) is 0 Å². The van der Waals surface area contributed by atoms with Crippen molar-refractivity contribution < 1.29 is 0 Å². The molecule has 0 saturated heterocycles. The molecule has 0 aromatic carbocycles. The molecule has 72 valence electrons. The van der Waals surface area contributed by atoms with Crippen molar-refractivity contribution in [1.82, 2.24) is 9.78 Å². The molecule has 0 spiro atoms. The molecule has 1 aromatic heterocycles. The van der Waals surface area contributed by atoms with Crippen LogP contribution in [-0.4, -0.2) is 14.6 Å². The molecule has 1 aromatic rings. The maximum absolute atomic E-state index is 4.43. The van der Waals surface area contributed by atoms with E-state index in [0.717, 1.165) is 6.42 Å². The molecule has 3 heteroatoms. The van der Waals surface area contributed by atoms with E-state index in [-0.39, 0.29) is 0 Å². The normalized spacial score (nSPS) is 22.0. The molecule has 1 aliphatic carbocycles. The first kappa shape index (κ1) is 9.25. The van der Waals surface area contributed by atoms with Gasteiger partial charge in [0.15, 0.2) is 0 Å². The Morgan fingerprint density at radius 3 is 3.08 bits per heavy atom. The first-order valence-electron chi connectivity index (χ1n) is 4.88. The summed E-state index contributed by atoms with van der Waals surface area (Å²) < 4.78 is 2.16. The molecular weight excluding hydrogens is 228 g/mol. The molecule has 0 amide bonds. The van der Waals surface area contributed by atoms with Gasteiger partial charge in [-0.05, 0) is 38.7 Å². The first-order chi connectivity index (χ1) is 6.18. The third-order valence-electron chi connectivity index (χ3n) is 2.61. The lowest BCUT2D eigenvalue weighted by molar-refractivity contribution is 0.497. The molecule has 0 radical (unpaired) electrons. The molecule has 2 nitrogen and oxygen atoms in total. The standard InChI is InChI=1S/C10H15BrN2/c1-7(2)13-10-4-3-9(11)5-8(10)6-12-13/h6-7,9H,3-5H2,1-2H3/t9-/m1/s1. The van der Waals surface area contributed by atoms with Gasteiger partial charge in [0, 0.05) is 16.6 Å². The van der Waals surface area contributed by atoms with Crippen LogP contribution in [0.3, 0.4) is 0 Å². The van der Waals surface area contributed by atoms with Gasteiger partial charge in [-0.3, -0.25) is 4.68 Å². The summed E-state index contributed by atoms with van der Waals surface area (Å²) in [5.41, 5.74) is 2.88. The van der Waals surface area contributed by atoms with Crippen LogP contribution in [0.25, 0.3) is 0 Å². The van der Waals surface area contributed by atoms with Gasteiger partial charge in [0.2, 0.25) is 0 Å². The maximum atomic E-state index is 4.43. The van der Waals surface area contributed by atoms with Gasteiger partial charge < -0.3 is 0 Å². The average molecular weight is 243 g/mol. The van der Waals surface area contributed by atoms with Crippen LogP contribution >= 0.6 is 15.9 Å². The van der Waals surface area contributed by atoms with Crippen molar-refractivity contribution in [2.75, 3.05) is 0 Å². The number of fused-ring (bicyclic) bond motifs is 1. The molecule has 0 aliphatic heterocycles. The minimum absolute atomic E-state index is 0.496. The van der Waals surface area contributed by atoms with Crippen LogP contribution in [0.4, 0.5) is 0 Å². The Balaban J connectivity index is 2.33. The van der Waals surface area contributed by atoms with Crippen LogP contribution in [0.1, 0.15) is 37.6 Å². The number of alkyl halides is 1. The van der Waals surface area contributed by atoms with Gasteiger partial charge in [-0.25, -0.2) is 0 Å². The van der Waals surface area contributed by atoms with Crippen molar-refractivity contribution in [3.8, 4) is 0 Å². The van der Waals surface area contributed by atoms with Crippen LogP contribution < -0.4 is 0 Å². The molecule has 0 fully saturated rings. The molecule has 0 saturated carbocycles. The highest BCUT2D eigenvalue weighted by Crippen LogP contribution is 2.26. The smallest absolute Gasteiger partial charge is 0.0525 e. The number of nitrogens with zero attached hydrogens (tertiary/aromatic N) is 2. The lowest BCUT2D eigenvalue weighted by Crippen LogP contribution is -2.16. The molecule has 1 heterocycles. The van der Waals surface area contributed by atoms with E-state index >= 15 is 0 Å². The minimum atomic E-state index is 0.496. The van der Waals surface area contributed by atoms with Crippen molar-refractivity contribution in [2.45, 2.75) is 44.0 Å². The summed E-state index contributed by atoms with van der Waals surface area (Å²) in [6, 6.07) is 0.496. The predicted octanol–water partition coefficient (Wildman–Crippen LogP) is 2.72. The van der Waals surface area contributed by atoms with Gasteiger partial charge in [0.25, 0.3) is 0 Å². The monoisotopic (exact) mass is 242 g/mol. The highest BCUT2D eigenvalue weighted by molar-refractivity contribution is 9.09. The van der Waals surface area contributed by atoms with E-state index in [4.69, 9.17) is 0 Å². The third-order valence-corrected chi connectivity index (χ3v) is 3.39. The zero-order valence-corrected chi connectivity index (χ0v) is 9.71. The van der Waals surface area contributed by atoms with Crippen molar-refractivity contribution in [1.29, 1.82) is 0 Å². The van der Waals surface area contributed by atoms with Gasteiger partial charge in [-0.1, -0.05) is 15.9 Å². The van der Waals surface area contributed by atoms with Gasteiger partial charge in [-0.15, -0.1) is 0 Å². The second-order valence-electron chi connectivity index (χ2n) is 3.99. The zero-order chi connectivity index (χ0) is 9.42. The maximum Gasteiger partial charge on any atom is 0.0525 e. The van der Waals surface area contributed by atoms with Crippen LogP contribution in [0.5, 0.6) is 0 Å². The lowest BCUT2D eigenvalue weighted by atomic mass is 9.98. The predicted molar refractivity (Wildman–Crippen MR) is 57.4 cm³/mol. The molecule has 2 rings (SSSR count). The summed E-state index contributed by atoms with van der Waals surface area (Å²) in [7, 11) is 0. The Morgan fingerprint density at radius 2 is 2.38 bits per heavy atom. The van der Waals surface area contributed by atoms with Gasteiger partial charge in [-0.2, -0.15) is 5.10 Å². The van der Waals surface area contributed by atoms with Crippen molar-refractivity contribution in [2.24, 2.45) is 0 Å². The van der Waals surface area contributed by atoms with Crippen LogP contribution in [0.2, 0.25) is 0 Å². The van der Waals surface area contributed by atoms with Crippen LogP contribution in [0.15, 0.2) is 6.20 Å². The number of hydrogen-bond donors (Lipinski definition) is 0. The lowest BCUT2D eigenvalue weighted by Gasteiger charge is -2.19. The van der Waals surface area contributed by atoms with E-state index in [1.807, 2.05) is 6.20 Å². The molecule has 0 bridgehead atoms.